The molecule has 0 spiro atoms. The summed E-state index contributed by atoms with van der Waals surface area (Å²) in [5.41, 5.74) is 2.83. The summed E-state index contributed by atoms with van der Waals surface area (Å²) in [5.74, 6) is 0.861. The molecule has 2 rings (SSSR count). The number of rotatable bonds is 6. The van der Waals surface area contributed by atoms with Gasteiger partial charge in [0.15, 0.2) is 5.78 Å². The highest BCUT2D eigenvalue weighted by Crippen LogP contribution is 2.15. The van der Waals surface area contributed by atoms with Gasteiger partial charge >= 0.3 is 0 Å². The maximum absolute atomic E-state index is 12.3. The molecule has 104 valence electrons. The molecule has 2 aromatic carbocycles. The normalized spacial score (nSPS) is 12.1. The van der Waals surface area contributed by atoms with E-state index in [1.54, 1.807) is 0 Å². The van der Waals surface area contributed by atoms with Gasteiger partial charge < -0.3 is 0 Å². The number of hydrogen-bond acceptors (Lipinski definition) is 1. The lowest BCUT2D eigenvalue weighted by atomic mass is 9.97. The Morgan fingerprint density at radius 3 is 2.15 bits per heavy atom. The molecule has 0 saturated heterocycles. The van der Waals surface area contributed by atoms with Crippen LogP contribution < -0.4 is 0 Å². The molecular weight excluding hydrogens is 244 g/mol. The van der Waals surface area contributed by atoms with Crippen LogP contribution in [0.15, 0.2) is 54.6 Å². The van der Waals surface area contributed by atoms with Gasteiger partial charge in [-0.1, -0.05) is 74.9 Å². The molecule has 0 aliphatic heterocycles. The van der Waals surface area contributed by atoms with Crippen molar-refractivity contribution in [2.24, 2.45) is 5.92 Å². The van der Waals surface area contributed by atoms with Crippen molar-refractivity contribution < 1.29 is 4.79 Å². The summed E-state index contributed by atoms with van der Waals surface area (Å²) in [6.07, 6.45) is 3.53. The van der Waals surface area contributed by atoms with Crippen LogP contribution in [0.3, 0.4) is 0 Å². The molecule has 1 heteroatoms. The molecule has 0 unspecified atom stereocenters. The number of carbonyl (C=O) groups excluding carboxylic acids is 1. The number of carbonyl (C=O) groups is 1. The van der Waals surface area contributed by atoms with E-state index in [2.05, 4.69) is 26.0 Å². The van der Waals surface area contributed by atoms with Crippen LogP contribution in [-0.4, -0.2) is 5.78 Å². The highest BCUT2D eigenvalue weighted by Gasteiger charge is 2.08. The summed E-state index contributed by atoms with van der Waals surface area (Å²) < 4.78 is 0. The second kappa shape index (κ2) is 7.04. The van der Waals surface area contributed by atoms with Gasteiger partial charge in [0.05, 0.1) is 0 Å². The molecule has 2 aromatic rings. The van der Waals surface area contributed by atoms with E-state index in [0.29, 0.717) is 0 Å². The van der Waals surface area contributed by atoms with Crippen molar-refractivity contribution in [3.8, 4) is 0 Å². The lowest BCUT2D eigenvalue weighted by Gasteiger charge is -2.08. The zero-order chi connectivity index (χ0) is 14.4. The van der Waals surface area contributed by atoms with Crippen LogP contribution in [0.1, 0.15) is 48.2 Å². The first-order valence-corrected chi connectivity index (χ1v) is 7.39. The average molecular weight is 266 g/mol. The van der Waals surface area contributed by atoms with Crippen molar-refractivity contribution in [2.75, 3.05) is 0 Å². The fourth-order valence-electron chi connectivity index (χ4n) is 2.20. The van der Waals surface area contributed by atoms with Crippen LogP contribution >= 0.6 is 0 Å². The van der Waals surface area contributed by atoms with Crippen LogP contribution in [0, 0.1) is 5.92 Å². The van der Waals surface area contributed by atoms with Gasteiger partial charge in [0.1, 0.15) is 0 Å². The number of ketones is 1. The summed E-state index contributed by atoms with van der Waals surface area (Å²) in [5, 5.41) is 0. The monoisotopic (exact) mass is 266 g/mol. The maximum Gasteiger partial charge on any atom is 0.193 e. The summed E-state index contributed by atoms with van der Waals surface area (Å²) in [6, 6.07) is 17.5. The minimum absolute atomic E-state index is 0.0964. The first kappa shape index (κ1) is 14.5. The lowest BCUT2D eigenvalue weighted by Crippen LogP contribution is -2.01. The fourth-order valence-corrected chi connectivity index (χ4v) is 2.20. The van der Waals surface area contributed by atoms with E-state index in [9.17, 15) is 4.79 Å². The van der Waals surface area contributed by atoms with E-state index in [4.69, 9.17) is 0 Å². The average Bonchev–Trinajstić information content (AvgIpc) is 2.53. The standard InChI is InChI=1S/C19H22O/c1-3-15(2)9-10-16-11-13-18(14-12-16)19(20)17-7-5-4-6-8-17/h4-8,11-15H,3,9-10H2,1-2H3/t15-/m1/s1. The summed E-state index contributed by atoms with van der Waals surface area (Å²) >= 11 is 0. The predicted molar refractivity (Wildman–Crippen MR) is 84.1 cm³/mol. The van der Waals surface area contributed by atoms with Crippen LogP contribution in [0.2, 0.25) is 0 Å². The molecule has 0 saturated carbocycles. The highest BCUT2D eigenvalue weighted by molar-refractivity contribution is 6.08. The zero-order valence-corrected chi connectivity index (χ0v) is 12.3. The van der Waals surface area contributed by atoms with E-state index in [1.165, 1.54) is 18.4 Å². The van der Waals surface area contributed by atoms with E-state index >= 15 is 0 Å². The molecule has 0 amide bonds. The second-order valence-electron chi connectivity index (χ2n) is 5.44. The zero-order valence-electron chi connectivity index (χ0n) is 12.3. The van der Waals surface area contributed by atoms with Gasteiger partial charge in [0.2, 0.25) is 0 Å². The Morgan fingerprint density at radius 2 is 1.55 bits per heavy atom. The molecule has 0 fully saturated rings. The van der Waals surface area contributed by atoms with Crippen molar-refractivity contribution in [2.45, 2.75) is 33.1 Å². The largest absolute Gasteiger partial charge is 0.289 e. The molecule has 20 heavy (non-hydrogen) atoms. The van der Waals surface area contributed by atoms with Gasteiger partial charge in [-0.3, -0.25) is 4.79 Å². The highest BCUT2D eigenvalue weighted by atomic mass is 16.1. The Morgan fingerprint density at radius 1 is 0.950 bits per heavy atom. The topological polar surface area (TPSA) is 17.1 Å². The molecule has 1 nitrogen and oxygen atoms in total. The molecule has 0 aliphatic rings. The van der Waals surface area contributed by atoms with Gasteiger partial charge in [-0.15, -0.1) is 0 Å². The number of hydrogen-bond donors (Lipinski definition) is 0. The van der Waals surface area contributed by atoms with Gasteiger partial charge in [0.25, 0.3) is 0 Å². The summed E-state index contributed by atoms with van der Waals surface area (Å²) in [7, 11) is 0. The Kier molecular flexibility index (Phi) is 5.11. The van der Waals surface area contributed by atoms with Crippen LogP contribution in [-0.2, 0) is 6.42 Å². The molecule has 0 bridgehead atoms. The Balaban J connectivity index is 2.03. The molecule has 0 aromatic heterocycles. The van der Waals surface area contributed by atoms with Gasteiger partial charge in [-0.25, -0.2) is 0 Å². The Labute approximate surface area is 121 Å². The van der Waals surface area contributed by atoms with Gasteiger partial charge in [0, 0.05) is 11.1 Å². The predicted octanol–water partition coefficient (Wildman–Crippen LogP) is 4.90. The first-order chi connectivity index (χ1) is 9.70. The fraction of sp³-hybridized carbons (Fsp3) is 0.316. The Bertz CT molecular complexity index is 540. The van der Waals surface area contributed by atoms with E-state index in [1.807, 2.05) is 42.5 Å². The minimum atomic E-state index is 0.0964. The molecular formula is C19H22O. The molecule has 0 N–H and O–H groups in total. The third-order valence-electron chi connectivity index (χ3n) is 3.87. The van der Waals surface area contributed by atoms with Crippen molar-refractivity contribution in [3.05, 3.63) is 71.3 Å². The quantitative estimate of drug-likeness (QED) is 0.680. The Hall–Kier alpha value is -1.89. The van der Waals surface area contributed by atoms with Crippen LogP contribution in [0.5, 0.6) is 0 Å². The van der Waals surface area contributed by atoms with Crippen molar-refractivity contribution in [1.82, 2.24) is 0 Å². The summed E-state index contributed by atoms with van der Waals surface area (Å²) in [4.78, 5) is 12.3. The third kappa shape index (κ3) is 3.80. The second-order valence-corrected chi connectivity index (χ2v) is 5.44. The third-order valence-corrected chi connectivity index (χ3v) is 3.87. The molecule has 0 aliphatic carbocycles. The molecule has 0 heterocycles. The van der Waals surface area contributed by atoms with E-state index in [-0.39, 0.29) is 5.78 Å². The number of aryl methyl sites for hydroxylation is 1. The van der Waals surface area contributed by atoms with E-state index in [0.717, 1.165) is 23.5 Å². The minimum Gasteiger partial charge on any atom is -0.289 e. The van der Waals surface area contributed by atoms with Crippen molar-refractivity contribution in [1.29, 1.82) is 0 Å². The first-order valence-electron chi connectivity index (χ1n) is 7.39. The van der Waals surface area contributed by atoms with Crippen molar-refractivity contribution in [3.63, 3.8) is 0 Å². The lowest BCUT2D eigenvalue weighted by molar-refractivity contribution is 0.103. The van der Waals surface area contributed by atoms with Crippen molar-refractivity contribution >= 4 is 5.78 Å². The van der Waals surface area contributed by atoms with Gasteiger partial charge in [-0.05, 0) is 24.3 Å². The van der Waals surface area contributed by atoms with Crippen LogP contribution in [0.4, 0.5) is 0 Å². The SMILES string of the molecule is CC[C@@H](C)CCc1ccc(C(=O)c2ccccc2)cc1. The smallest absolute Gasteiger partial charge is 0.193 e. The van der Waals surface area contributed by atoms with Gasteiger partial charge in [-0.2, -0.15) is 0 Å². The molecule has 0 radical (unpaired) electrons. The molecule has 1 atom stereocenters. The van der Waals surface area contributed by atoms with E-state index < -0.39 is 0 Å². The maximum atomic E-state index is 12.3. The number of benzene rings is 2. The summed E-state index contributed by atoms with van der Waals surface area (Å²) in [6.45, 7) is 4.51. The van der Waals surface area contributed by atoms with Crippen LogP contribution in [0.25, 0.3) is 0 Å².